The van der Waals surface area contributed by atoms with E-state index in [-0.39, 0.29) is 0 Å². The zero-order chi connectivity index (χ0) is 16.7. The monoisotopic (exact) mass is 323 g/mol. The summed E-state index contributed by atoms with van der Waals surface area (Å²) in [7, 11) is 0. The number of rotatable bonds is 8. The van der Waals surface area contributed by atoms with E-state index < -0.39 is 18.4 Å². The van der Waals surface area contributed by atoms with E-state index in [2.05, 4.69) is 0 Å². The van der Waals surface area contributed by atoms with E-state index in [1.165, 1.54) is 19.3 Å². The molecule has 1 aromatic rings. The lowest BCUT2D eigenvalue weighted by atomic mass is 10.2. The summed E-state index contributed by atoms with van der Waals surface area (Å²) < 4.78 is 17.3. The van der Waals surface area contributed by atoms with Gasteiger partial charge >= 0.3 is 0 Å². The van der Waals surface area contributed by atoms with E-state index >= 15 is 0 Å². The molecule has 0 amide bonds. The SMILES string of the molecule is CC(Oc1ccccc1)OC(C)OC(C)(C)ON1CCCCC1. The third kappa shape index (κ3) is 6.87. The normalized spacial score (nSPS) is 19.3. The molecule has 0 aliphatic carbocycles. The van der Waals surface area contributed by atoms with Crippen LogP contribution in [-0.4, -0.2) is 36.5 Å². The molecule has 130 valence electrons. The number of para-hydroxylation sites is 1. The van der Waals surface area contributed by atoms with Crippen LogP contribution in [0.1, 0.15) is 47.0 Å². The fraction of sp³-hybridized carbons (Fsp3) is 0.667. The van der Waals surface area contributed by atoms with Crippen LogP contribution in [0.3, 0.4) is 0 Å². The fourth-order valence-electron chi connectivity index (χ4n) is 2.70. The predicted molar refractivity (Wildman–Crippen MR) is 88.8 cm³/mol. The second-order valence-corrected chi connectivity index (χ2v) is 6.30. The lowest BCUT2D eigenvalue weighted by Gasteiger charge is -2.36. The van der Waals surface area contributed by atoms with E-state index in [0.29, 0.717) is 0 Å². The van der Waals surface area contributed by atoms with Gasteiger partial charge in [-0.25, -0.2) is 0 Å². The van der Waals surface area contributed by atoms with E-state index in [1.807, 2.05) is 63.1 Å². The second kappa shape index (κ2) is 8.64. The van der Waals surface area contributed by atoms with Crippen molar-refractivity contribution in [3.63, 3.8) is 0 Å². The Balaban J connectivity index is 1.74. The van der Waals surface area contributed by atoms with Crippen molar-refractivity contribution < 1.29 is 19.0 Å². The van der Waals surface area contributed by atoms with Gasteiger partial charge < -0.3 is 14.2 Å². The van der Waals surface area contributed by atoms with Crippen molar-refractivity contribution in [1.29, 1.82) is 0 Å². The zero-order valence-electron chi connectivity index (χ0n) is 14.7. The molecule has 1 aliphatic rings. The molecule has 1 saturated heterocycles. The first-order chi connectivity index (χ1) is 10.9. The highest BCUT2D eigenvalue weighted by atomic mass is 16.9. The van der Waals surface area contributed by atoms with Crippen LogP contribution in [0.2, 0.25) is 0 Å². The number of nitrogens with zero attached hydrogens (tertiary/aromatic N) is 1. The number of hydroxylamine groups is 2. The van der Waals surface area contributed by atoms with Gasteiger partial charge in [-0.1, -0.05) is 24.6 Å². The molecule has 5 heteroatoms. The topological polar surface area (TPSA) is 40.2 Å². The Bertz CT molecular complexity index is 446. The largest absolute Gasteiger partial charge is 0.465 e. The number of benzene rings is 1. The molecule has 1 heterocycles. The summed E-state index contributed by atoms with van der Waals surface area (Å²) in [4.78, 5) is 5.94. The van der Waals surface area contributed by atoms with Crippen LogP contribution < -0.4 is 4.74 Å². The van der Waals surface area contributed by atoms with Crippen molar-refractivity contribution >= 4 is 0 Å². The number of ether oxygens (including phenoxy) is 3. The standard InChI is InChI=1S/C18H29NO4/c1-15(21-17-11-7-5-8-12-17)20-16(2)22-18(3,4)23-19-13-9-6-10-14-19/h5,7-8,11-12,15-16H,6,9-10,13-14H2,1-4H3. The van der Waals surface area contributed by atoms with Gasteiger partial charge in [-0.15, -0.1) is 0 Å². The third-order valence-electron chi connectivity index (χ3n) is 3.54. The maximum atomic E-state index is 5.94. The molecule has 0 radical (unpaired) electrons. The number of piperidine rings is 1. The van der Waals surface area contributed by atoms with Gasteiger partial charge in [-0.05, 0) is 52.7 Å². The Kier molecular flexibility index (Phi) is 6.84. The average Bonchev–Trinajstić information content (AvgIpc) is 2.47. The Labute approximate surface area is 139 Å². The summed E-state index contributed by atoms with van der Waals surface area (Å²) in [6, 6.07) is 9.60. The van der Waals surface area contributed by atoms with Crippen LogP contribution in [0, 0.1) is 0 Å². The molecule has 2 unspecified atom stereocenters. The van der Waals surface area contributed by atoms with Gasteiger partial charge in [0.25, 0.3) is 0 Å². The minimum absolute atomic E-state index is 0.404. The number of hydrogen-bond donors (Lipinski definition) is 0. The highest BCUT2D eigenvalue weighted by Gasteiger charge is 2.28. The number of hydrogen-bond acceptors (Lipinski definition) is 5. The molecular formula is C18H29NO4. The zero-order valence-corrected chi connectivity index (χ0v) is 14.7. The van der Waals surface area contributed by atoms with Gasteiger partial charge in [0.1, 0.15) is 5.75 Å². The van der Waals surface area contributed by atoms with Crippen molar-refractivity contribution in [2.45, 2.75) is 65.3 Å². The molecule has 1 aromatic carbocycles. The molecule has 5 nitrogen and oxygen atoms in total. The second-order valence-electron chi connectivity index (χ2n) is 6.30. The van der Waals surface area contributed by atoms with Crippen LogP contribution in [0.15, 0.2) is 30.3 Å². The van der Waals surface area contributed by atoms with Crippen molar-refractivity contribution in [1.82, 2.24) is 5.06 Å². The lowest BCUT2D eigenvalue weighted by molar-refractivity contribution is -0.376. The summed E-state index contributed by atoms with van der Waals surface area (Å²) >= 11 is 0. The summed E-state index contributed by atoms with van der Waals surface area (Å²) in [6.07, 6.45) is 2.77. The van der Waals surface area contributed by atoms with Gasteiger partial charge in [0.05, 0.1) is 0 Å². The van der Waals surface area contributed by atoms with Crippen LogP contribution in [-0.2, 0) is 14.3 Å². The summed E-state index contributed by atoms with van der Waals surface area (Å²) in [6.45, 7) is 9.43. The quantitative estimate of drug-likeness (QED) is 0.678. The first kappa shape index (κ1) is 18.2. The molecule has 1 fully saturated rings. The average molecular weight is 323 g/mol. The Hall–Kier alpha value is -1.14. The first-order valence-electron chi connectivity index (χ1n) is 8.44. The predicted octanol–water partition coefficient (Wildman–Crippen LogP) is 3.94. The highest BCUT2D eigenvalue weighted by Crippen LogP contribution is 2.21. The van der Waals surface area contributed by atoms with Crippen LogP contribution in [0.25, 0.3) is 0 Å². The minimum atomic E-state index is -0.733. The maximum Gasteiger partial charge on any atom is 0.199 e. The molecule has 0 N–H and O–H groups in total. The fourth-order valence-corrected chi connectivity index (χ4v) is 2.70. The van der Waals surface area contributed by atoms with Crippen LogP contribution in [0.4, 0.5) is 0 Å². The van der Waals surface area contributed by atoms with Crippen molar-refractivity contribution in [2.24, 2.45) is 0 Å². The van der Waals surface area contributed by atoms with E-state index in [4.69, 9.17) is 19.0 Å². The molecule has 23 heavy (non-hydrogen) atoms. The molecule has 0 bridgehead atoms. The van der Waals surface area contributed by atoms with Crippen molar-refractivity contribution in [3.05, 3.63) is 30.3 Å². The molecule has 1 aliphatic heterocycles. The van der Waals surface area contributed by atoms with E-state index in [0.717, 1.165) is 18.8 Å². The van der Waals surface area contributed by atoms with E-state index in [1.54, 1.807) is 0 Å². The molecule has 2 atom stereocenters. The van der Waals surface area contributed by atoms with Gasteiger partial charge in [0.2, 0.25) is 0 Å². The van der Waals surface area contributed by atoms with Gasteiger partial charge in [0, 0.05) is 13.1 Å². The lowest BCUT2D eigenvalue weighted by Crippen LogP contribution is -2.43. The summed E-state index contributed by atoms with van der Waals surface area (Å²) in [5.74, 6) is 0.0412. The Morgan fingerprint density at radius 1 is 0.957 bits per heavy atom. The molecule has 2 rings (SSSR count). The Morgan fingerprint density at radius 2 is 1.61 bits per heavy atom. The molecule has 0 spiro atoms. The third-order valence-corrected chi connectivity index (χ3v) is 3.54. The van der Waals surface area contributed by atoms with Gasteiger partial charge in [-0.3, -0.25) is 4.84 Å². The molecular weight excluding hydrogens is 294 g/mol. The van der Waals surface area contributed by atoms with Gasteiger partial charge in [0.15, 0.2) is 18.4 Å². The first-order valence-corrected chi connectivity index (χ1v) is 8.44. The van der Waals surface area contributed by atoms with E-state index in [9.17, 15) is 0 Å². The van der Waals surface area contributed by atoms with Gasteiger partial charge in [-0.2, -0.15) is 5.06 Å². The highest BCUT2D eigenvalue weighted by molar-refractivity contribution is 5.20. The maximum absolute atomic E-state index is 5.94. The van der Waals surface area contributed by atoms with Crippen LogP contribution in [0.5, 0.6) is 5.75 Å². The summed E-state index contributed by atoms with van der Waals surface area (Å²) in [5, 5.41) is 1.99. The molecule has 0 aromatic heterocycles. The Morgan fingerprint density at radius 3 is 2.26 bits per heavy atom. The summed E-state index contributed by atoms with van der Waals surface area (Å²) in [5.41, 5.74) is 0. The molecule has 0 saturated carbocycles. The van der Waals surface area contributed by atoms with Crippen molar-refractivity contribution in [3.8, 4) is 5.75 Å². The minimum Gasteiger partial charge on any atom is -0.465 e. The van der Waals surface area contributed by atoms with Crippen molar-refractivity contribution in [2.75, 3.05) is 13.1 Å². The smallest absolute Gasteiger partial charge is 0.199 e. The van der Waals surface area contributed by atoms with Crippen LogP contribution >= 0.6 is 0 Å².